The Morgan fingerprint density at radius 1 is 0.783 bits per heavy atom. The summed E-state index contributed by atoms with van der Waals surface area (Å²) in [5.41, 5.74) is 8.59. The number of halogens is 1. The molecule has 0 aliphatic rings. The van der Waals surface area contributed by atoms with E-state index in [4.69, 9.17) is 15.2 Å². The summed E-state index contributed by atoms with van der Waals surface area (Å²) in [4.78, 5) is 25.1. The van der Waals surface area contributed by atoms with E-state index in [2.05, 4.69) is 45.5 Å². The summed E-state index contributed by atoms with van der Waals surface area (Å²) in [7, 11) is 1.20. The SMILES string of the molecule is COC(=O)c1cc(F)c(NCCCNCCCCNCCCN)cc1NC(=O)OCc1ccc(-c2cccc3ccccc23)cc1. The number of hydrogen-bond donors (Lipinski definition) is 5. The van der Waals surface area contributed by atoms with Crippen molar-refractivity contribution in [3.8, 4) is 11.1 Å². The van der Waals surface area contributed by atoms with Crippen molar-refractivity contribution in [2.45, 2.75) is 32.3 Å². The number of fused-ring (bicyclic) bond motifs is 1. The molecule has 0 atom stereocenters. The molecule has 10 heteroatoms. The number of ether oxygens (including phenoxy) is 2. The molecule has 0 radical (unpaired) electrons. The minimum Gasteiger partial charge on any atom is -0.465 e. The number of nitrogens with two attached hydrogens (primary N) is 1. The standard InChI is InChI=1S/C36H44FN5O4/c1-45-35(43)31-23-32(37)34(41-22-8-21-40-19-5-4-18-39-20-7-17-38)24-33(31)42-36(44)46-25-26-13-15-28(16-14-26)30-12-6-10-27-9-2-3-11-29(27)30/h2-3,6,9-16,23-24,39-41H,4-5,7-8,17-22,25,38H2,1H3,(H,42,44). The van der Waals surface area contributed by atoms with Gasteiger partial charge in [-0.15, -0.1) is 0 Å². The molecule has 0 heterocycles. The van der Waals surface area contributed by atoms with Gasteiger partial charge in [0.15, 0.2) is 0 Å². The highest BCUT2D eigenvalue weighted by Gasteiger charge is 2.19. The number of unbranched alkanes of at least 4 members (excludes halogenated alkanes) is 1. The molecule has 4 rings (SSSR count). The van der Waals surface area contributed by atoms with E-state index >= 15 is 0 Å². The smallest absolute Gasteiger partial charge is 0.411 e. The normalized spacial score (nSPS) is 10.9. The van der Waals surface area contributed by atoms with Gasteiger partial charge in [0.1, 0.15) is 12.4 Å². The predicted octanol–water partition coefficient (Wildman–Crippen LogP) is 6.29. The van der Waals surface area contributed by atoms with E-state index in [0.29, 0.717) is 13.1 Å². The lowest BCUT2D eigenvalue weighted by Crippen LogP contribution is -2.22. The summed E-state index contributed by atoms with van der Waals surface area (Å²) in [6, 6.07) is 24.6. The molecule has 0 aliphatic carbocycles. The molecule has 0 unspecified atom stereocenters. The van der Waals surface area contributed by atoms with Crippen molar-refractivity contribution in [3.63, 3.8) is 0 Å². The summed E-state index contributed by atoms with van der Waals surface area (Å²) in [6.45, 7) is 4.83. The zero-order valence-electron chi connectivity index (χ0n) is 26.4. The van der Waals surface area contributed by atoms with E-state index in [1.165, 1.54) is 13.2 Å². The maximum Gasteiger partial charge on any atom is 0.411 e. The molecular weight excluding hydrogens is 585 g/mol. The van der Waals surface area contributed by atoms with Gasteiger partial charge in [-0.05, 0) is 98.0 Å². The zero-order chi connectivity index (χ0) is 32.6. The van der Waals surface area contributed by atoms with Crippen molar-refractivity contribution in [3.05, 3.63) is 95.8 Å². The first-order chi connectivity index (χ1) is 22.5. The third-order valence-electron chi connectivity index (χ3n) is 7.53. The molecule has 4 aromatic carbocycles. The Labute approximate surface area is 270 Å². The Hall–Kier alpha value is -4.51. The minimum absolute atomic E-state index is 0.0132. The highest BCUT2D eigenvalue weighted by molar-refractivity contribution is 6.00. The van der Waals surface area contributed by atoms with Crippen LogP contribution in [0, 0.1) is 5.82 Å². The van der Waals surface area contributed by atoms with Crippen LogP contribution in [0.1, 0.15) is 41.6 Å². The van der Waals surface area contributed by atoms with E-state index in [-0.39, 0.29) is 23.5 Å². The van der Waals surface area contributed by atoms with Crippen molar-refractivity contribution in [1.29, 1.82) is 0 Å². The van der Waals surface area contributed by atoms with Gasteiger partial charge in [0, 0.05) is 6.54 Å². The highest BCUT2D eigenvalue weighted by atomic mass is 19.1. The zero-order valence-corrected chi connectivity index (χ0v) is 26.4. The molecule has 1 amide bonds. The van der Waals surface area contributed by atoms with Crippen molar-refractivity contribution in [2.75, 3.05) is 57.0 Å². The summed E-state index contributed by atoms with van der Waals surface area (Å²) in [6.07, 6.45) is 3.12. The van der Waals surface area contributed by atoms with E-state index in [1.54, 1.807) is 0 Å². The number of carbonyl (C=O) groups is 2. The van der Waals surface area contributed by atoms with Gasteiger partial charge < -0.3 is 31.2 Å². The molecule has 9 nitrogen and oxygen atoms in total. The van der Waals surface area contributed by atoms with Crippen LogP contribution in [-0.4, -0.2) is 58.4 Å². The van der Waals surface area contributed by atoms with Gasteiger partial charge >= 0.3 is 12.1 Å². The van der Waals surface area contributed by atoms with Crippen LogP contribution in [0.5, 0.6) is 0 Å². The fraction of sp³-hybridized carbons (Fsp3) is 0.333. The summed E-state index contributed by atoms with van der Waals surface area (Å²) < 4.78 is 25.1. The molecule has 0 saturated heterocycles. The van der Waals surface area contributed by atoms with E-state index < -0.39 is 17.9 Å². The molecule has 6 N–H and O–H groups in total. The van der Waals surface area contributed by atoms with Gasteiger partial charge in [0.2, 0.25) is 0 Å². The summed E-state index contributed by atoms with van der Waals surface area (Å²) in [5.74, 6) is -1.40. The second-order valence-electron chi connectivity index (χ2n) is 10.9. The van der Waals surface area contributed by atoms with Crippen molar-refractivity contribution < 1.29 is 23.5 Å². The maximum absolute atomic E-state index is 14.9. The number of anilines is 2. The Morgan fingerprint density at radius 2 is 1.48 bits per heavy atom. The Bertz CT molecular complexity index is 1560. The molecule has 0 fully saturated rings. The van der Waals surface area contributed by atoms with Crippen LogP contribution >= 0.6 is 0 Å². The first-order valence-corrected chi connectivity index (χ1v) is 15.8. The van der Waals surface area contributed by atoms with Gasteiger partial charge in [0.05, 0.1) is 24.0 Å². The van der Waals surface area contributed by atoms with Crippen LogP contribution < -0.4 is 27.0 Å². The van der Waals surface area contributed by atoms with E-state index in [0.717, 1.165) is 85.4 Å². The second-order valence-corrected chi connectivity index (χ2v) is 10.9. The number of benzene rings is 4. The Balaban J connectivity index is 1.27. The molecular formula is C36H44FN5O4. The van der Waals surface area contributed by atoms with Crippen LogP contribution in [0.3, 0.4) is 0 Å². The highest BCUT2D eigenvalue weighted by Crippen LogP contribution is 2.29. The monoisotopic (exact) mass is 629 g/mol. The molecule has 0 spiro atoms. The lowest BCUT2D eigenvalue weighted by atomic mass is 9.98. The van der Waals surface area contributed by atoms with Crippen LogP contribution in [0.25, 0.3) is 21.9 Å². The molecule has 0 bridgehead atoms. The van der Waals surface area contributed by atoms with E-state index in [9.17, 15) is 14.0 Å². The molecule has 4 aromatic rings. The molecule has 244 valence electrons. The summed E-state index contributed by atoms with van der Waals surface area (Å²) in [5, 5.41) is 14.7. The average molecular weight is 630 g/mol. The van der Waals surface area contributed by atoms with Crippen molar-refractivity contribution in [2.24, 2.45) is 5.73 Å². The third kappa shape index (κ3) is 10.3. The molecule has 46 heavy (non-hydrogen) atoms. The fourth-order valence-corrected chi connectivity index (χ4v) is 5.06. The van der Waals surface area contributed by atoms with Crippen LogP contribution in [0.4, 0.5) is 20.6 Å². The van der Waals surface area contributed by atoms with Gasteiger partial charge in [-0.25, -0.2) is 14.0 Å². The fourth-order valence-electron chi connectivity index (χ4n) is 5.06. The minimum atomic E-state index is -0.778. The van der Waals surface area contributed by atoms with Gasteiger partial charge in [0.25, 0.3) is 0 Å². The number of amides is 1. The average Bonchev–Trinajstić information content (AvgIpc) is 3.08. The lowest BCUT2D eigenvalue weighted by Gasteiger charge is -2.15. The first kappa shape index (κ1) is 34.4. The number of nitrogens with one attached hydrogen (secondary N) is 4. The van der Waals surface area contributed by atoms with Gasteiger partial charge in [-0.2, -0.15) is 0 Å². The Kier molecular flexibility index (Phi) is 13.8. The number of methoxy groups -OCH3 is 1. The van der Waals surface area contributed by atoms with Gasteiger partial charge in [-0.1, -0.05) is 66.7 Å². The second kappa shape index (κ2) is 18.5. The van der Waals surface area contributed by atoms with Crippen molar-refractivity contribution in [1.82, 2.24) is 10.6 Å². The molecule has 0 aromatic heterocycles. The Morgan fingerprint density at radius 3 is 2.22 bits per heavy atom. The number of hydrogen-bond acceptors (Lipinski definition) is 8. The first-order valence-electron chi connectivity index (χ1n) is 15.8. The molecule has 0 aliphatic heterocycles. The van der Waals surface area contributed by atoms with Crippen LogP contribution in [0.15, 0.2) is 78.9 Å². The van der Waals surface area contributed by atoms with Gasteiger partial charge in [-0.3, -0.25) is 5.32 Å². The maximum atomic E-state index is 14.9. The number of carbonyl (C=O) groups excluding carboxylic acids is 2. The van der Waals surface area contributed by atoms with Crippen molar-refractivity contribution >= 4 is 34.2 Å². The van der Waals surface area contributed by atoms with Crippen LogP contribution in [0.2, 0.25) is 0 Å². The predicted molar refractivity (Wildman–Crippen MR) is 183 cm³/mol. The lowest BCUT2D eigenvalue weighted by molar-refractivity contribution is 0.0601. The number of rotatable bonds is 18. The summed E-state index contributed by atoms with van der Waals surface area (Å²) >= 11 is 0. The third-order valence-corrected chi connectivity index (χ3v) is 7.53. The van der Waals surface area contributed by atoms with E-state index in [1.807, 2.05) is 42.5 Å². The quantitative estimate of drug-likeness (QED) is 0.0642. The van der Waals surface area contributed by atoms with Crippen LogP contribution in [-0.2, 0) is 16.1 Å². The topological polar surface area (TPSA) is 127 Å². The number of esters is 1. The molecule has 0 saturated carbocycles. The largest absolute Gasteiger partial charge is 0.465 e.